The summed E-state index contributed by atoms with van der Waals surface area (Å²) in [5, 5.41) is 9.66. The van der Waals surface area contributed by atoms with Gasteiger partial charge in [0.05, 0.1) is 5.01 Å². The van der Waals surface area contributed by atoms with Crippen LogP contribution in [-0.4, -0.2) is 30.5 Å². The fraction of sp³-hybridized carbons (Fsp3) is 0.733. The van der Waals surface area contributed by atoms with Crippen molar-refractivity contribution in [1.82, 2.24) is 15.6 Å². The number of nitrogens with zero attached hydrogens (tertiary/aromatic N) is 1. The van der Waals surface area contributed by atoms with Gasteiger partial charge in [0.15, 0.2) is 0 Å². The molecule has 1 fully saturated rings. The molecule has 2 heterocycles. The van der Waals surface area contributed by atoms with Crippen molar-refractivity contribution >= 4 is 42.1 Å². The van der Waals surface area contributed by atoms with Gasteiger partial charge in [-0.25, -0.2) is 4.98 Å². The molecular weight excluding hydrogens is 341 g/mol. The van der Waals surface area contributed by atoms with Crippen molar-refractivity contribution in [3.63, 3.8) is 0 Å². The number of unbranched alkanes of at least 4 members (excludes halogenated alkanes) is 1. The molecule has 0 aliphatic carbocycles. The zero-order chi connectivity index (χ0) is 14.2. The molecule has 1 aromatic heterocycles. The van der Waals surface area contributed by atoms with Crippen LogP contribution in [0.25, 0.3) is 0 Å². The number of rotatable bonds is 8. The molecule has 1 aromatic rings. The van der Waals surface area contributed by atoms with E-state index in [1.165, 1.54) is 11.4 Å². The van der Waals surface area contributed by atoms with E-state index in [-0.39, 0.29) is 30.7 Å². The Bertz CT molecular complexity index is 423. The van der Waals surface area contributed by atoms with Gasteiger partial charge in [-0.2, -0.15) is 0 Å². The predicted octanol–water partition coefficient (Wildman–Crippen LogP) is 3.12. The van der Waals surface area contributed by atoms with Crippen molar-refractivity contribution in [3.8, 4) is 0 Å². The van der Waals surface area contributed by atoms with E-state index in [1.54, 1.807) is 11.3 Å². The van der Waals surface area contributed by atoms with Gasteiger partial charge in [-0.3, -0.25) is 4.79 Å². The molecule has 2 N–H and O–H groups in total. The average molecular weight is 368 g/mol. The number of amides is 1. The maximum Gasteiger partial charge on any atom is 0.220 e. The molecule has 0 radical (unpaired) electrons. The van der Waals surface area contributed by atoms with Crippen LogP contribution in [0, 0.1) is 12.8 Å². The molecule has 0 spiro atoms. The van der Waals surface area contributed by atoms with Crippen LogP contribution in [0.3, 0.4) is 0 Å². The number of halogens is 2. The average Bonchev–Trinajstić information content (AvgIpc) is 3.07. The van der Waals surface area contributed by atoms with E-state index in [9.17, 15) is 4.79 Å². The van der Waals surface area contributed by atoms with Crippen molar-refractivity contribution in [2.45, 2.75) is 45.4 Å². The summed E-state index contributed by atoms with van der Waals surface area (Å²) in [7, 11) is 0. The Kier molecular flexibility index (Phi) is 11.9. The normalized spacial score (nSPS) is 16.7. The highest BCUT2D eigenvalue weighted by Crippen LogP contribution is 2.14. The standard InChI is InChI=1S/C15H25N3OS.2ClH/c1-12-11-20-15(18-12)4-2-3-8-17-14(19)6-5-13-7-9-16-10-13;;/h11,13,16H,2-10H2,1H3,(H,17,19);2*1H. The van der Waals surface area contributed by atoms with Gasteiger partial charge in [0.25, 0.3) is 0 Å². The minimum Gasteiger partial charge on any atom is -0.356 e. The summed E-state index contributed by atoms with van der Waals surface area (Å²) in [6.07, 6.45) is 6.09. The molecule has 1 saturated heterocycles. The second-order valence-corrected chi connectivity index (χ2v) is 6.53. The topological polar surface area (TPSA) is 54.0 Å². The fourth-order valence-electron chi connectivity index (χ4n) is 2.53. The van der Waals surface area contributed by atoms with Crippen LogP contribution in [-0.2, 0) is 11.2 Å². The lowest BCUT2D eigenvalue weighted by Gasteiger charge is -2.08. The number of hydrogen-bond acceptors (Lipinski definition) is 4. The van der Waals surface area contributed by atoms with Gasteiger partial charge < -0.3 is 10.6 Å². The molecule has 1 aliphatic heterocycles. The van der Waals surface area contributed by atoms with Gasteiger partial charge in [-0.1, -0.05) is 0 Å². The SMILES string of the molecule is Cc1csc(CCCCNC(=O)CCC2CCNC2)n1.Cl.Cl. The number of hydrogen-bond donors (Lipinski definition) is 2. The van der Waals surface area contributed by atoms with Gasteiger partial charge in [-0.15, -0.1) is 36.2 Å². The molecule has 7 heteroatoms. The molecule has 1 atom stereocenters. The Labute approximate surface area is 149 Å². The van der Waals surface area contributed by atoms with Crippen LogP contribution in [0.4, 0.5) is 0 Å². The van der Waals surface area contributed by atoms with E-state index in [0.717, 1.165) is 51.0 Å². The Hall–Kier alpha value is -0.360. The van der Waals surface area contributed by atoms with E-state index in [0.29, 0.717) is 12.3 Å². The van der Waals surface area contributed by atoms with Crippen LogP contribution in [0.5, 0.6) is 0 Å². The van der Waals surface area contributed by atoms with Gasteiger partial charge >= 0.3 is 0 Å². The molecule has 4 nitrogen and oxygen atoms in total. The zero-order valence-electron chi connectivity index (χ0n) is 13.1. The molecular formula is C15H27Cl2N3OS. The number of carbonyl (C=O) groups excluding carboxylic acids is 1. The Morgan fingerprint density at radius 2 is 2.27 bits per heavy atom. The molecule has 0 bridgehead atoms. The maximum atomic E-state index is 11.7. The number of nitrogens with one attached hydrogen (secondary N) is 2. The van der Waals surface area contributed by atoms with Crippen LogP contribution in [0.2, 0.25) is 0 Å². The summed E-state index contributed by atoms with van der Waals surface area (Å²) in [6.45, 7) is 5.02. The van der Waals surface area contributed by atoms with E-state index in [1.807, 2.05) is 6.92 Å². The third-order valence-corrected chi connectivity index (χ3v) is 4.77. The maximum absolute atomic E-state index is 11.7. The van der Waals surface area contributed by atoms with Crippen molar-refractivity contribution in [2.24, 2.45) is 5.92 Å². The number of aromatic nitrogens is 1. The first-order valence-electron chi connectivity index (χ1n) is 7.62. The molecule has 0 saturated carbocycles. The zero-order valence-corrected chi connectivity index (χ0v) is 15.5. The van der Waals surface area contributed by atoms with Gasteiger partial charge in [-0.05, 0) is 58.0 Å². The molecule has 128 valence electrons. The highest BCUT2D eigenvalue weighted by atomic mass is 35.5. The lowest BCUT2D eigenvalue weighted by molar-refractivity contribution is -0.121. The van der Waals surface area contributed by atoms with Crippen molar-refractivity contribution in [3.05, 3.63) is 16.1 Å². The molecule has 2 rings (SSSR count). The fourth-order valence-corrected chi connectivity index (χ4v) is 3.35. The third kappa shape index (κ3) is 8.32. The first-order valence-corrected chi connectivity index (χ1v) is 8.50. The lowest BCUT2D eigenvalue weighted by Crippen LogP contribution is -2.25. The van der Waals surface area contributed by atoms with Crippen LogP contribution in [0.1, 0.15) is 42.8 Å². The van der Waals surface area contributed by atoms with Crippen molar-refractivity contribution in [1.29, 1.82) is 0 Å². The predicted molar refractivity (Wildman–Crippen MR) is 97.5 cm³/mol. The number of thiazole rings is 1. The van der Waals surface area contributed by atoms with Crippen LogP contribution >= 0.6 is 36.2 Å². The summed E-state index contributed by atoms with van der Waals surface area (Å²) in [5.74, 6) is 0.913. The van der Waals surface area contributed by atoms with E-state index < -0.39 is 0 Å². The summed E-state index contributed by atoms with van der Waals surface area (Å²) in [4.78, 5) is 16.1. The Morgan fingerprint density at radius 3 is 2.91 bits per heavy atom. The minimum atomic E-state index is 0. The second-order valence-electron chi connectivity index (χ2n) is 5.59. The summed E-state index contributed by atoms with van der Waals surface area (Å²) < 4.78 is 0. The second kappa shape index (κ2) is 12.1. The summed E-state index contributed by atoms with van der Waals surface area (Å²) in [5.41, 5.74) is 1.11. The highest BCUT2D eigenvalue weighted by Gasteiger charge is 2.15. The molecule has 22 heavy (non-hydrogen) atoms. The van der Waals surface area contributed by atoms with Gasteiger partial charge in [0, 0.05) is 24.0 Å². The smallest absolute Gasteiger partial charge is 0.220 e. The first kappa shape index (κ1) is 21.6. The Balaban J connectivity index is 0.00000220. The number of carbonyl (C=O) groups is 1. The third-order valence-electron chi connectivity index (χ3n) is 3.75. The molecule has 1 unspecified atom stereocenters. The largest absolute Gasteiger partial charge is 0.356 e. The molecule has 0 aromatic carbocycles. The molecule has 1 amide bonds. The van der Waals surface area contributed by atoms with E-state index in [2.05, 4.69) is 21.0 Å². The highest BCUT2D eigenvalue weighted by molar-refractivity contribution is 7.09. The van der Waals surface area contributed by atoms with Gasteiger partial charge in [0.2, 0.25) is 5.91 Å². The van der Waals surface area contributed by atoms with E-state index in [4.69, 9.17) is 0 Å². The van der Waals surface area contributed by atoms with Crippen molar-refractivity contribution < 1.29 is 4.79 Å². The summed E-state index contributed by atoms with van der Waals surface area (Å²) >= 11 is 1.73. The Morgan fingerprint density at radius 1 is 1.45 bits per heavy atom. The van der Waals surface area contributed by atoms with Crippen molar-refractivity contribution in [2.75, 3.05) is 19.6 Å². The molecule has 1 aliphatic rings. The number of aryl methyl sites for hydroxylation is 2. The van der Waals surface area contributed by atoms with Crippen LogP contribution in [0.15, 0.2) is 5.38 Å². The lowest BCUT2D eigenvalue weighted by atomic mass is 10.0. The van der Waals surface area contributed by atoms with E-state index >= 15 is 0 Å². The monoisotopic (exact) mass is 367 g/mol. The summed E-state index contributed by atoms with van der Waals surface area (Å²) in [6, 6.07) is 0. The first-order chi connectivity index (χ1) is 9.74. The van der Waals surface area contributed by atoms with Crippen LogP contribution < -0.4 is 10.6 Å². The quantitative estimate of drug-likeness (QED) is 0.694. The van der Waals surface area contributed by atoms with Gasteiger partial charge in [0.1, 0.15) is 0 Å². The minimum absolute atomic E-state index is 0.